The number of nitrogens with zero attached hydrogens (tertiary/aromatic N) is 1. The highest BCUT2D eigenvalue weighted by Crippen LogP contribution is 2.34. The second kappa shape index (κ2) is 5.73. The van der Waals surface area contributed by atoms with E-state index >= 15 is 0 Å². The van der Waals surface area contributed by atoms with E-state index in [0.29, 0.717) is 0 Å². The molecule has 1 unspecified atom stereocenters. The average Bonchev–Trinajstić information content (AvgIpc) is 2.83. The molecule has 0 saturated carbocycles. The Bertz CT molecular complexity index is 562. The van der Waals surface area contributed by atoms with Crippen molar-refractivity contribution in [2.24, 2.45) is 5.92 Å². The van der Waals surface area contributed by atoms with Crippen molar-refractivity contribution in [1.29, 1.82) is 0 Å². The molecule has 4 heteroatoms. The third kappa shape index (κ3) is 2.91. The van der Waals surface area contributed by atoms with Crippen molar-refractivity contribution < 1.29 is 0 Å². The summed E-state index contributed by atoms with van der Waals surface area (Å²) in [5, 5.41) is 4.46. The molecular weight excluding hydrogens is 320 g/mol. The lowest BCUT2D eigenvalue weighted by molar-refractivity contribution is 0.441. The number of benzene rings is 1. The largest absolute Gasteiger partial charge is 0.319 e. The van der Waals surface area contributed by atoms with Crippen LogP contribution in [-0.2, 0) is 12.8 Å². The molecule has 0 radical (unpaired) electrons. The lowest BCUT2D eigenvalue weighted by Crippen LogP contribution is -2.24. The van der Waals surface area contributed by atoms with Crippen molar-refractivity contribution in [3.63, 3.8) is 0 Å². The van der Waals surface area contributed by atoms with Crippen molar-refractivity contribution in [2.45, 2.75) is 19.3 Å². The van der Waals surface area contributed by atoms with Crippen LogP contribution >= 0.6 is 27.3 Å². The quantitative estimate of drug-likeness (QED) is 0.919. The number of thiazole rings is 1. The molecular formula is C15H17BrN2S. The third-order valence-electron chi connectivity index (χ3n) is 3.63. The Hall–Kier alpha value is -0.710. The maximum atomic E-state index is 4.83. The van der Waals surface area contributed by atoms with E-state index in [1.54, 1.807) is 0 Å². The fourth-order valence-corrected chi connectivity index (χ4v) is 4.11. The molecule has 100 valence electrons. The lowest BCUT2D eigenvalue weighted by atomic mass is 9.91. The summed E-state index contributed by atoms with van der Waals surface area (Å²) in [5.41, 5.74) is 2.56. The molecule has 1 N–H and O–H groups in total. The molecule has 0 bridgehead atoms. The Morgan fingerprint density at radius 3 is 2.89 bits per heavy atom. The third-order valence-corrected chi connectivity index (χ3v) is 5.32. The summed E-state index contributed by atoms with van der Waals surface area (Å²) in [6.45, 7) is 1.12. The first-order valence-corrected chi connectivity index (χ1v) is 8.26. The van der Waals surface area contributed by atoms with Crippen LogP contribution in [0.1, 0.15) is 17.0 Å². The van der Waals surface area contributed by atoms with Gasteiger partial charge in [-0.1, -0.05) is 28.1 Å². The minimum atomic E-state index is 0.774. The fourth-order valence-electron chi connectivity index (χ4n) is 2.62. The summed E-state index contributed by atoms with van der Waals surface area (Å²) in [7, 11) is 2.04. The topological polar surface area (TPSA) is 24.9 Å². The molecule has 1 aromatic carbocycles. The van der Waals surface area contributed by atoms with Gasteiger partial charge in [0.05, 0.1) is 5.69 Å². The lowest BCUT2D eigenvalue weighted by Gasteiger charge is -2.20. The van der Waals surface area contributed by atoms with Crippen LogP contribution in [0, 0.1) is 5.92 Å². The monoisotopic (exact) mass is 336 g/mol. The van der Waals surface area contributed by atoms with E-state index in [2.05, 4.69) is 45.5 Å². The van der Waals surface area contributed by atoms with E-state index in [4.69, 9.17) is 4.98 Å². The van der Waals surface area contributed by atoms with Gasteiger partial charge in [0, 0.05) is 14.9 Å². The number of hydrogen-bond donors (Lipinski definition) is 1. The zero-order chi connectivity index (χ0) is 13.2. The van der Waals surface area contributed by atoms with Crippen LogP contribution in [0.25, 0.3) is 10.6 Å². The Balaban J connectivity index is 1.85. The molecule has 0 fully saturated rings. The van der Waals surface area contributed by atoms with Gasteiger partial charge in [0.2, 0.25) is 0 Å². The van der Waals surface area contributed by atoms with Crippen molar-refractivity contribution in [3.8, 4) is 10.6 Å². The molecule has 1 aromatic heterocycles. The van der Waals surface area contributed by atoms with Gasteiger partial charge in [-0.05, 0) is 50.9 Å². The van der Waals surface area contributed by atoms with Crippen molar-refractivity contribution >= 4 is 27.3 Å². The summed E-state index contributed by atoms with van der Waals surface area (Å²) in [6.07, 6.45) is 3.58. The summed E-state index contributed by atoms with van der Waals surface area (Å²) < 4.78 is 1.12. The summed E-state index contributed by atoms with van der Waals surface area (Å²) in [5.74, 6) is 0.774. The average molecular weight is 337 g/mol. The minimum Gasteiger partial charge on any atom is -0.319 e. The number of rotatable bonds is 3. The fraction of sp³-hybridized carbons (Fsp3) is 0.400. The van der Waals surface area contributed by atoms with Crippen LogP contribution in [-0.4, -0.2) is 18.6 Å². The molecule has 0 aliphatic heterocycles. The zero-order valence-electron chi connectivity index (χ0n) is 10.9. The molecule has 1 aliphatic rings. The number of aryl methyl sites for hydroxylation is 1. The standard InChI is InChI=1S/C15H17BrN2S/c1-17-9-10-2-7-13-14(8-10)19-15(18-13)11-3-5-12(16)6-4-11/h3-6,10,17H,2,7-9H2,1H3. The molecule has 19 heavy (non-hydrogen) atoms. The molecule has 1 aliphatic carbocycles. The van der Waals surface area contributed by atoms with Crippen molar-refractivity contribution in [1.82, 2.24) is 10.3 Å². The molecule has 0 amide bonds. The zero-order valence-corrected chi connectivity index (χ0v) is 13.4. The van der Waals surface area contributed by atoms with E-state index < -0.39 is 0 Å². The van der Waals surface area contributed by atoms with E-state index in [1.807, 2.05) is 18.4 Å². The highest BCUT2D eigenvalue weighted by Gasteiger charge is 2.22. The normalized spacial score (nSPS) is 18.3. The number of aromatic nitrogens is 1. The van der Waals surface area contributed by atoms with Gasteiger partial charge in [-0.25, -0.2) is 4.98 Å². The molecule has 1 heterocycles. The van der Waals surface area contributed by atoms with Gasteiger partial charge in [-0.2, -0.15) is 0 Å². The highest BCUT2D eigenvalue weighted by molar-refractivity contribution is 9.10. The van der Waals surface area contributed by atoms with Crippen LogP contribution < -0.4 is 5.32 Å². The van der Waals surface area contributed by atoms with Gasteiger partial charge in [0.25, 0.3) is 0 Å². The molecule has 1 atom stereocenters. The Morgan fingerprint density at radius 1 is 1.37 bits per heavy atom. The van der Waals surface area contributed by atoms with E-state index in [1.165, 1.54) is 34.0 Å². The van der Waals surface area contributed by atoms with Gasteiger partial charge >= 0.3 is 0 Å². The summed E-state index contributed by atoms with van der Waals surface area (Å²) in [6, 6.07) is 8.44. The number of halogens is 1. The summed E-state index contributed by atoms with van der Waals surface area (Å²) in [4.78, 5) is 6.32. The number of hydrogen-bond acceptors (Lipinski definition) is 3. The maximum Gasteiger partial charge on any atom is 0.123 e. The van der Waals surface area contributed by atoms with E-state index in [9.17, 15) is 0 Å². The second-order valence-corrected chi connectivity index (χ2v) is 7.06. The number of fused-ring (bicyclic) bond motifs is 1. The van der Waals surface area contributed by atoms with Crippen molar-refractivity contribution in [3.05, 3.63) is 39.3 Å². The van der Waals surface area contributed by atoms with Gasteiger partial charge in [-0.15, -0.1) is 11.3 Å². The van der Waals surface area contributed by atoms with Crippen LogP contribution in [0.3, 0.4) is 0 Å². The van der Waals surface area contributed by atoms with Crippen LogP contribution in [0.2, 0.25) is 0 Å². The molecule has 3 rings (SSSR count). The van der Waals surface area contributed by atoms with Gasteiger partial charge in [-0.3, -0.25) is 0 Å². The second-order valence-electron chi connectivity index (χ2n) is 5.06. The van der Waals surface area contributed by atoms with Crippen LogP contribution in [0.15, 0.2) is 28.7 Å². The first kappa shape index (κ1) is 13.3. The van der Waals surface area contributed by atoms with Gasteiger partial charge in [0.15, 0.2) is 0 Å². The Morgan fingerprint density at radius 2 is 2.16 bits per heavy atom. The SMILES string of the molecule is CNCC1CCc2nc(-c3ccc(Br)cc3)sc2C1. The van der Waals surface area contributed by atoms with E-state index in [0.717, 1.165) is 23.4 Å². The first-order valence-electron chi connectivity index (χ1n) is 6.65. The van der Waals surface area contributed by atoms with Crippen molar-refractivity contribution in [2.75, 3.05) is 13.6 Å². The number of nitrogens with one attached hydrogen (secondary N) is 1. The molecule has 2 nitrogen and oxygen atoms in total. The molecule has 2 aromatic rings. The van der Waals surface area contributed by atoms with Crippen LogP contribution in [0.5, 0.6) is 0 Å². The smallest absolute Gasteiger partial charge is 0.123 e. The maximum absolute atomic E-state index is 4.83. The van der Waals surface area contributed by atoms with Gasteiger partial charge < -0.3 is 5.32 Å². The highest BCUT2D eigenvalue weighted by atomic mass is 79.9. The first-order chi connectivity index (χ1) is 9.26. The summed E-state index contributed by atoms with van der Waals surface area (Å²) >= 11 is 5.35. The van der Waals surface area contributed by atoms with Crippen LogP contribution in [0.4, 0.5) is 0 Å². The predicted octanol–water partition coefficient (Wildman–Crippen LogP) is 3.90. The Labute approximate surface area is 126 Å². The van der Waals surface area contributed by atoms with Gasteiger partial charge in [0.1, 0.15) is 5.01 Å². The predicted molar refractivity (Wildman–Crippen MR) is 84.7 cm³/mol. The van der Waals surface area contributed by atoms with E-state index in [-0.39, 0.29) is 0 Å². The molecule has 0 spiro atoms. The minimum absolute atomic E-state index is 0.774. The molecule has 0 saturated heterocycles. The Kier molecular flexibility index (Phi) is 4.01.